The van der Waals surface area contributed by atoms with Crippen molar-refractivity contribution >= 4 is 0 Å². The summed E-state index contributed by atoms with van der Waals surface area (Å²) < 4.78 is 55.5. The third-order valence-electron chi connectivity index (χ3n) is 7.39. The fourth-order valence-electron chi connectivity index (χ4n) is 5.67. The molecule has 0 aromatic heterocycles. The molecule has 2 aliphatic rings. The van der Waals surface area contributed by atoms with Crippen molar-refractivity contribution in [2.45, 2.75) is 63.6 Å². The van der Waals surface area contributed by atoms with Gasteiger partial charge in [-0.05, 0) is 111 Å². The van der Waals surface area contributed by atoms with Gasteiger partial charge >= 0.3 is 6.36 Å². The van der Waals surface area contributed by atoms with Gasteiger partial charge in [-0.15, -0.1) is 19.8 Å². The third kappa shape index (κ3) is 6.44. The third-order valence-corrected chi connectivity index (χ3v) is 7.39. The molecule has 0 radical (unpaired) electrons. The van der Waals surface area contributed by atoms with Gasteiger partial charge in [-0.2, -0.15) is 0 Å². The lowest BCUT2D eigenvalue weighted by molar-refractivity contribution is -0.274. The van der Waals surface area contributed by atoms with Crippen LogP contribution in [-0.4, -0.2) is 6.36 Å². The molecule has 0 heterocycles. The van der Waals surface area contributed by atoms with Crippen LogP contribution in [0.4, 0.5) is 17.6 Å². The molecule has 5 heteroatoms. The van der Waals surface area contributed by atoms with Crippen molar-refractivity contribution in [1.82, 2.24) is 0 Å². The van der Waals surface area contributed by atoms with Crippen LogP contribution in [0, 0.1) is 35.4 Å². The van der Waals surface area contributed by atoms with Gasteiger partial charge in [-0.1, -0.05) is 30.4 Å². The second-order valence-corrected chi connectivity index (χ2v) is 9.64. The average Bonchev–Trinajstić information content (AvgIpc) is 2.81. The van der Waals surface area contributed by atoms with Gasteiger partial charge in [0.1, 0.15) is 11.6 Å². The quantitative estimate of drug-likeness (QED) is 0.242. The number of fused-ring (bicyclic) bond motifs is 1. The topological polar surface area (TPSA) is 9.23 Å². The van der Waals surface area contributed by atoms with E-state index in [4.69, 9.17) is 0 Å². The number of ether oxygens (including phenoxy) is 1. The lowest BCUT2D eigenvalue weighted by atomic mass is 9.63. The van der Waals surface area contributed by atoms with Crippen molar-refractivity contribution in [2.75, 3.05) is 0 Å². The standard InChI is InChI=1S/C29H30F4O/c1-2-3-4-21-6-10-24-18-25(14-13-23(24)17-21)26-12-11-22(28(30)19-26)9-5-20-7-15-27(16-8-20)34-29(31,32)33/h2,7-8,11-12,15-16,19,21,23-25H,1,3-4,6,10,13-14,17-18H2. The summed E-state index contributed by atoms with van der Waals surface area (Å²) in [6, 6.07) is 10.5. The Kier molecular flexibility index (Phi) is 7.66. The molecule has 4 atom stereocenters. The fraction of sp³-hybridized carbons (Fsp3) is 0.448. The largest absolute Gasteiger partial charge is 0.573 e. The fourth-order valence-corrected chi connectivity index (χ4v) is 5.67. The van der Waals surface area contributed by atoms with Crippen molar-refractivity contribution < 1.29 is 22.3 Å². The van der Waals surface area contributed by atoms with Gasteiger partial charge in [0.2, 0.25) is 0 Å². The van der Waals surface area contributed by atoms with E-state index < -0.39 is 6.36 Å². The summed E-state index contributed by atoms with van der Waals surface area (Å²) in [5.74, 6) is 7.73. The number of allylic oxidation sites excluding steroid dienone is 1. The Bertz CT molecular complexity index is 1040. The van der Waals surface area contributed by atoms with E-state index in [1.54, 1.807) is 12.1 Å². The van der Waals surface area contributed by atoms with Crippen molar-refractivity contribution in [3.8, 4) is 17.6 Å². The minimum atomic E-state index is -4.73. The predicted molar refractivity (Wildman–Crippen MR) is 126 cm³/mol. The van der Waals surface area contributed by atoms with Crippen LogP contribution in [0.15, 0.2) is 55.1 Å². The molecule has 2 aliphatic carbocycles. The maximum absolute atomic E-state index is 14.8. The van der Waals surface area contributed by atoms with Crippen molar-refractivity contribution in [3.63, 3.8) is 0 Å². The van der Waals surface area contributed by atoms with Crippen LogP contribution >= 0.6 is 0 Å². The number of halogens is 4. The van der Waals surface area contributed by atoms with E-state index >= 15 is 0 Å². The maximum atomic E-state index is 14.8. The first-order chi connectivity index (χ1) is 16.3. The van der Waals surface area contributed by atoms with Crippen LogP contribution < -0.4 is 4.74 Å². The highest BCUT2D eigenvalue weighted by molar-refractivity contribution is 5.45. The van der Waals surface area contributed by atoms with E-state index in [2.05, 4.69) is 23.2 Å². The molecule has 180 valence electrons. The van der Waals surface area contributed by atoms with Gasteiger partial charge < -0.3 is 4.74 Å². The number of hydrogen-bond donors (Lipinski definition) is 0. The molecule has 34 heavy (non-hydrogen) atoms. The molecule has 0 aliphatic heterocycles. The Morgan fingerprint density at radius 3 is 2.38 bits per heavy atom. The van der Waals surface area contributed by atoms with Gasteiger partial charge in [0.15, 0.2) is 0 Å². The predicted octanol–water partition coefficient (Wildman–Crippen LogP) is 8.39. The maximum Gasteiger partial charge on any atom is 0.573 e. The van der Waals surface area contributed by atoms with Gasteiger partial charge in [0.25, 0.3) is 0 Å². The molecule has 0 spiro atoms. The zero-order valence-electron chi connectivity index (χ0n) is 19.2. The van der Waals surface area contributed by atoms with E-state index in [9.17, 15) is 17.6 Å². The molecular formula is C29H30F4O. The molecule has 2 aromatic rings. The molecule has 2 saturated carbocycles. The smallest absolute Gasteiger partial charge is 0.406 e. The van der Waals surface area contributed by atoms with E-state index in [1.165, 1.54) is 56.4 Å². The summed E-state index contributed by atoms with van der Waals surface area (Å²) in [5.41, 5.74) is 1.82. The van der Waals surface area contributed by atoms with Crippen LogP contribution in [0.2, 0.25) is 0 Å². The van der Waals surface area contributed by atoms with E-state index in [0.717, 1.165) is 42.6 Å². The molecule has 0 saturated heterocycles. The van der Waals surface area contributed by atoms with Crippen LogP contribution in [-0.2, 0) is 0 Å². The Balaban J connectivity index is 1.37. The zero-order valence-corrected chi connectivity index (χ0v) is 19.2. The van der Waals surface area contributed by atoms with Crippen LogP contribution in [0.3, 0.4) is 0 Å². The second kappa shape index (κ2) is 10.7. The van der Waals surface area contributed by atoms with Crippen LogP contribution in [0.25, 0.3) is 0 Å². The Labute approximate surface area is 199 Å². The highest BCUT2D eigenvalue weighted by Crippen LogP contribution is 2.48. The van der Waals surface area contributed by atoms with E-state index in [0.29, 0.717) is 11.5 Å². The lowest BCUT2D eigenvalue weighted by Crippen LogP contribution is -2.30. The van der Waals surface area contributed by atoms with Gasteiger partial charge in [0, 0.05) is 5.56 Å². The van der Waals surface area contributed by atoms with Gasteiger partial charge in [0.05, 0.1) is 5.56 Å². The van der Waals surface area contributed by atoms with Gasteiger partial charge in [-0.25, -0.2) is 4.39 Å². The normalized spacial score (nSPS) is 24.5. The summed E-state index contributed by atoms with van der Waals surface area (Å²) in [6.07, 6.45) is 7.02. The molecule has 2 aromatic carbocycles. The molecule has 2 fully saturated rings. The van der Waals surface area contributed by atoms with Crippen LogP contribution in [0.5, 0.6) is 5.75 Å². The molecule has 0 amide bonds. The molecule has 0 N–H and O–H groups in total. The first-order valence-corrected chi connectivity index (χ1v) is 12.1. The van der Waals surface area contributed by atoms with Crippen molar-refractivity contribution in [3.05, 3.63) is 77.6 Å². The molecule has 4 unspecified atom stereocenters. The monoisotopic (exact) mass is 470 g/mol. The molecule has 4 rings (SSSR count). The van der Waals surface area contributed by atoms with Gasteiger partial charge in [-0.3, -0.25) is 0 Å². The van der Waals surface area contributed by atoms with Crippen LogP contribution in [0.1, 0.15) is 74.0 Å². The average molecular weight is 471 g/mol. The molecule has 0 bridgehead atoms. The minimum absolute atomic E-state index is 0.288. The SMILES string of the molecule is C=CCCC1CCC2CC(c3ccc(C#Cc4ccc(OC(F)(F)F)cc4)c(F)c3)CCC2C1. The summed E-state index contributed by atoms with van der Waals surface area (Å²) in [5, 5.41) is 0. The molecule has 1 nitrogen and oxygen atoms in total. The summed E-state index contributed by atoms with van der Waals surface area (Å²) in [6.45, 7) is 3.85. The number of hydrogen-bond acceptors (Lipinski definition) is 1. The van der Waals surface area contributed by atoms with E-state index in [1.807, 2.05) is 12.1 Å². The Hall–Kier alpha value is -2.74. The number of benzene rings is 2. The highest BCUT2D eigenvalue weighted by atomic mass is 19.4. The van der Waals surface area contributed by atoms with E-state index in [-0.39, 0.29) is 17.1 Å². The lowest BCUT2D eigenvalue weighted by Gasteiger charge is -2.42. The Morgan fingerprint density at radius 1 is 0.941 bits per heavy atom. The highest BCUT2D eigenvalue weighted by Gasteiger charge is 2.36. The minimum Gasteiger partial charge on any atom is -0.406 e. The van der Waals surface area contributed by atoms with Crippen molar-refractivity contribution in [1.29, 1.82) is 0 Å². The summed E-state index contributed by atoms with van der Waals surface area (Å²) >= 11 is 0. The first kappa shape index (κ1) is 24.4. The first-order valence-electron chi connectivity index (χ1n) is 12.1. The number of rotatable bonds is 5. The molecular weight excluding hydrogens is 440 g/mol. The Morgan fingerprint density at radius 2 is 1.68 bits per heavy atom. The second-order valence-electron chi connectivity index (χ2n) is 9.64. The zero-order chi connectivity index (χ0) is 24.1. The summed E-state index contributed by atoms with van der Waals surface area (Å²) in [7, 11) is 0. The summed E-state index contributed by atoms with van der Waals surface area (Å²) in [4.78, 5) is 0. The number of alkyl halides is 3. The van der Waals surface area contributed by atoms with Crippen molar-refractivity contribution in [2.24, 2.45) is 17.8 Å².